The number of hydrogen-bond acceptors (Lipinski definition) is 3. The molecule has 2 atom stereocenters. The second-order valence-electron chi connectivity index (χ2n) is 3.65. The van der Waals surface area contributed by atoms with Crippen molar-refractivity contribution < 1.29 is 4.74 Å². The lowest BCUT2D eigenvalue weighted by Gasteiger charge is -2.17. The van der Waals surface area contributed by atoms with Gasteiger partial charge in [-0.05, 0) is 12.0 Å². The van der Waals surface area contributed by atoms with Gasteiger partial charge in [0.15, 0.2) is 0 Å². The first kappa shape index (κ1) is 12.7. The predicted molar refractivity (Wildman–Crippen MR) is 63.9 cm³/mol. The molecule has 0 amide bonds. The lowest BCUT2D eigenvalue weighted by Crippen LogP contribution is -2.30. The van der Waals surface area contributed by atoms with E-state index in [4.69, 9.17) is 10.00 Å². The van der Waals surface area contributed by atoms with Gasteiger partial charge in [0.2, 0.25) is 0 Å². The highest BCUT2D eigenvalue weighted by atomic mass is 16.5. The molecule has 0 spiro atoms. The summed E-state index contributed by atoms with van der Waals surface area (Å²) in [5.41, 5.74) is 0.996. The van der Waals surface area contributed by atoms with E-state index < -0.39 is 0 Å². The van der Waals surface area contributed by atoms with Crippen LogP contribution in [0.4, 0.5) is 0 Å². The zero-order valence-corrected chi connectivity index (χ0v) is 9.81. The molecule has 0 aliphatic carbocycles. The minimum Gasteiger partial charge on any atom is -0.380 e. The Morgan fingerprint density at radius 3 is 2.56 bits per heavy atom. The number of nitriles is 1. The molecule has 0 aliphatic heterocycles. The van der Waals surface area contributed by atoms with Gasteiger partial charge in [-0.1, -0.05) is 37.3 Å². The molecule has 0 saturated heterocycles. The minimum absolute atomic E-state index is 0.166. The second-order valence-corrected chi connectivity index (χ2v) is 3.65. The standard InChI is InChI=1S/C13H18N2O/c1-3-12(16-2)10-15-13(9-14)11-7-5-4-6-8-11/h4-8,12-13,15H,3,10H2,1-2H3. The highest BCUT2D eigenvalue weighted by molar-refractivity contribution is 5.23. The number of benzene rings is 1. The molecule has 1 aromatic carbocycles. The van der Waals surface area contributed by atoms with E-state index in [1.165, 1.54) is 0 Å². The summed E-state index contributed by atoms with van der Waals surface area (Å²) in [6.45, 7) is 2.76. The van der Waals surface area contributed by atoms with Crippen molar-refractivity contribution in [2.24, 2.45) is 0 Å². The van der Waals surface area contributed by atoms with Crippen LogP contribution in [0.2, 0.25) is 0 Å². The van der Waals surface area contributed by atoms with E-state index in [9.17, 15) is 0 Å². The molecule has 0 aliphatic rings. The van der Waals surface area contributed by atoms with Crippen molar-refractivity contribution in [1.29, 1.82) is 5.26 Å². The fourth-order valence-corrected chi connectivity index (χ4v) is 1.53. The van der Waals surface area contributed by atoms with Crippen molar-refractivity contribution >= 4 is 0 Å². The normalized spacial score (nSPS) is 14.1. The van der Waals surface area contributed by atoms with E-state index in [0.717, 1.165) is 12.0 Å². The van der Waals surface area contributed by atoms with E-state index in [1.807, 2.05) is 30.3 Å². The van der Waals surface area contributed by atoms with Crippen LogP contribution in [-0.4, -0.2) is 19.8 Å². The first-order chi connectivity index (χ1) is 7.81. The number of nitrogens with one attached hydrogen (secondary N) is 1. The fraction of sp³-hybridized carbons (Fsp3) is 0.462. The van der Waals surface area contributed by atoms with Gasteiger partial charge in [-0.25, -0.2) is 0 Å². The van der Waals surface area contributed by atoms with Crippen molar-refractivity contribution in [1.82, 2.24) is 5.32 Å². The summed E-state index contributed by atoms with van der Waals surface area (Å²) < 4.78 is 5.26. The number of methoxy groups -OCH3 is 1. The average Bonchev–Trinajstić information content (AvgIpc) is 2.36. The van der Waals surface area contributed by atoms with Crippen molar-refractivity contribution in [3.05, 3.63) is 35.9 Å². The van der Waals surface area contributed by atoms with Gasteiger partial charge in [0, 0.05) is 13.7 Å². The maximum absolute atomic E-state index is 9.08. The molecule has 3 nitrogen and oxygen atoms in total. The van der Waals surface area contributed by atoms with Crippen molar-refractivity contribution in [3.63, 3.8) is 0 Å². The molecular formula is C13H18N2O. The van der Waals surface area contributed by atoms with Crippen molar-refractivity contribution in [2.75, 3.05) is 13.7 Å². The van der Waals surface area contributed by atoms with Crippen LogP contribution in [0.5, 0.6) is 0 Å². The Hall–Kier alpha value is -1.37. The number of ether oxygens (including phenoxy) is 1. The van der Waals surface area contributed by atoms with Crippen LogP contribution < -0.4 is 5.32 Å². The third kappa shape index (κ3) is 3.65. The molecule has 0 radical (unpaired) electrons. The van der Waals surface area contributed by atoms with E-state index in [1.54, 1.807) is 7.11 Å². The molecule has 0 bridgehead atoms. The third-order valence-electron chi connectivity index (χ3n) is 2.60. The highest BCUT2D eigenvalue weighted by Crippen LogP contribution is 2.11. The molecule has 0 fully saturated rings. The Labute approximate surface area is 97.0 Å². The minimum atomic E-state index is -0.259. The van der Waals surface area contributed by atoms with Gasteiger partial charge in [0.25, 0.3) is 0 Å². The third-order valence-corrected chi connectivity index (χ3v) is 2.60. The van der Waals surface area contributed by atoms with Gasteiger partial charge in [-0.2, -0.15) is 5.26 Å². The SMILES string of the molecule is CCC(CNC(C#N)c1ccccc1)OC. The molecular weight excluding hydrogens is 200 g/mol. The molecule has 0 heterocycles. The molecule has 2 unspecified atom stereocenters. The van der Waals surface area contributed by atoms with Gasteiger partial charge in [0.05, 0.1) is 12.2 Å². The predicted octanol–water partition coefficient (Wildman–Crippen LogP) is 2.27. The smallest absolute Gasteiger partial charge is 0.121 e. The summed E-state index contributed by atoms with van der Waals surface area (Å²) in [5, 5.41) is 12.3. The molecule has 1 aromatic rings. The van der Waals surface area contributed by atoms with Crippen molar-refractivity contribution in [3.8, 4) is 6.07 Å². The second kappa shape index (κ2) is 7.00. The Kier molecular flexibility index (Phi) is 5.55. The summed E-state index contributed by atoms with van der Waals surface area (Å²) >= 11 is 0. The van der Waals surface area contributed by atoms with E-state index in [-0.39, 0.29) is 12.1 Å². The number of rotatable bonds is 6. The van der Waals surface area contributed by atoms with Crippen LogP contribution in [0.25, 0.3) is 0 Å². The molecule has 0 saturated carbocycles. The molecule has 1 rings (SSSR count). The van der Waals surface area contributed by atoms with Crippen LogP contribution in [0.1, 0.15) is 24.9 Å². The summed E-state index contributed by atoms with van der Waals surface area (Å²) in [6.07, 6.45) is 1.11. The van der Waals surface area contributed by atoms with Gasteiger partial charge < -0.3 is 4.74 Å². The average molecular weight is 218 g/mol. The molecule has 0 aromatic heterocycles. The Bertz CT molecular complexity index is 328. The first-order valence-electron chi connectivity index (χ1n) is 5.52. The van der Waals surface area contributed by atoms with Crippen LogP contribution in [-0.2, 0) is 4.74 Å². The van der Waals surface area contributed by atoms with Gasteiger partial charge in [0.1, 0.15) is 6.04 Å². The maximum atomic E-state index is 9.08. The summed E-state index contributed by atoms with van der Waals surface area (Å²) in [4.78, 5) is 0. The fourth-order valence-electron chi connectivity index (χ4n) is 1.53. The Morgan fingerprint density at radius 2 is 2.06 bits per heavy atom. The van der Waals surface area contributed by atoms with Gasteiger partial charge >= 0.3 is 0 Å². The topological polar surface area (TPSA) is 45.0 Å². The van der Waals surface area contributed by atoms with Crippen LogP contribution in [0.3, 0.4) is 0 Å². The lowest BCUT2D eigenvalue weighted by atomic mass is 10.1. The lowest BCUT2D eigenvalue weighted by molar-refractivity contribution is 0.0973. The number of nitrogens with zero attached hydrogens (tertiary/aromatic N) is 1. The Morgan fingerprint density at radius 1 is 1.38 bits per heavy atom. The molecule has 3 heteroatoms. The zero-order chi connectivity index (χ0) is 11.8. The van der Waals surface area contributed by atoms with Crippen LogP contribution in [0.15, 0.2) is 30.3 Å². The van der Waals surface area contributed by atoms with E-state index in [2.05, 4.69) is 18.3 Å². The van der Waals surface area contributed by atoms with E-state index >= 15 is 0 Å². The summed E-state index contributed by atoms with van der Waals surface area (Å²) in [7, 11) is 1.69. The quantitative estimate of drug-likeness (QED) is 0.796. The molecule has 86 valence electrons. The summed E-state index contributed by atoms with van der Waals surface area (Å²) in [6, 6.07) is 11.7. The molecule has 16 heavy (non-hydrogen) atoms. The van der Waals surface area contributed by atoms with Crippen LogP contribution in [0, 0.1) is 11.3 Å². The van der Waals surface area contributed by atoms with Crippen molar-refractivity contribution in [2.45, 2.75) is 25.5 Å². The Balaban J connectivity index is 2.54. The monoisotopic (exact) mass is 218 g/mol. The maximum Gasteiger partial charge on any atom is 0.121 e. The largest absolute Gasteiger partial charge is 0.380 e. The van der Waals surface area contributed by atoms with Crippen LogP contribution >= 0.6 is 0 Å². The van der Waals surface area contributed by atoms with E-state index in [0.29, 0.717) is 6.54 Å². The summed E-state index contributed by atoms with van der Waals surface area (Å²) in [5.74, 6) is 0. The van der Waals surface area contributed by atoms with Gasteiger partial charge in [-0.15, -0.1) is 0 Å². The zero-order valence-electron chi connectivity index (χ0n) is 9.81. The first-order valence-corrected chi connectivity index (χ1v) is 5.52. The highest BCUT2D eigenvalue weighted by Gasteiger charge is 2.11. The van der Waals surface area contributed by atoms with Gasteiger partial charge in [-0.3, -0.25) is 5.32 Å². The number of hydrogen-bond donors (Lipinski definition) is 1. The molecule has 1 N–H and O–H groups in total.